The predicted octanol–water partition coefficient (Wildman–Crippen LogP) is -0.461. The number of nitrogens with zero attached hydrogens (tertiary/aromatic N) is 3. The van der Waals surface area contributed by atoms with Crippen LogP contribution in [0.2, 0.25) is 0 Å². The average molecular weight is 318 g/mol. The summed E-state index contributed by atoms with van der Waals surface area (Å²) in [5.74, 6) is 0. The SMILES string of the molecule is COCCn1cc2c(n1)[C@@H](CNS(=O)(=O)N(C)C)OCC2. The van der Waals surface area contributed by atoms with E-state index in [9.17, 15) is 8.42 Å². The van der Waals surface area contributed by atoms with Gasteiger partial charge in [-0.15, -0.1) is 0 Å². The highest BCUT2D eigenvalue weighted by atomic mass is 32.2. The monoisotopic (exact) mass is 318 g/mol. The number of fused-ring (bicyclic) bond motifs is 1. The molecular formula is C12H22N4O4S. The lowest BCUT2D eigenvalue weighted by molar-refractivity contribution is 0.0427. The third-order valence-corrected chi connectivity index (χ3v) is 4.81. The van der Waals surface area contributed by atoms with Crippen molar-refractivity contribution >= 4 is 10.2 Å². The molecule has 0 bridgehead atoms. The van der Waals surface area contributed by atoms with E-state index in [1.165, 1.54) is 14.1 Å². The molecule has 1 aromatic rings. The highest BCUT2D eigenvalue weighted by Crippen LogP contribution is 2.25. The van der Waals surface area contributed by atoms with Gasteiger partial charge in [-0.3, -0.25) is 4.68 Å². The molecule has 1 aromatic heterocycles. The molecule has 1 atom stereocenters. The van der Waals surface area contributed by atoms with Crippen LogP contribution in [0.3, 0.4) is 0 Å². The van der Waals surface area contributed by atoms with Crippen LogP contribution in [0.1, 0.15) is 17.4 Å². The lowest BCUT2D eigenvalue weighted by atomic mass is 10.1. The van der Waals surface area contributed by atoms with Crippen LogP contribution in [-0.2, 0) is 32.6 Å². The van der Waals surface area contributed by atoms with Gasteiger partial charge in [-0.1, -0.05) is 0 Å². The zero-order valence-electron chi connectivity index (χ0n) is 12.6. The molecule has 1 N–H and O–H groups in total. The molecule has 2 rings (SSSR count). The smallest absolute Gasteiger partial charge is 0.279 e. The van der Waals surface area contributed by atoms with Crippen LogP contribution in [0.15, 0.2) is 6.20 Å². The first-order valence-electron chi connectivity index (χ1n) is 6.78. The molecule has 1 aliphatic heterocycles. The van der Waals surface area contributed by atoms with Crippen molar-refractivity contribution in [2.75, 3.05) is 41.0 Å². The fourth-order valence-electron chi connectivity index (χ4n) is 2.10. The number of aromatic nitrogens is 2. The minimum atomic E-state index is -3.46. The molecule has 8 nitrogen and oxygen atoms in total. The summed E-state index contributed by atoms with van der Waals surface area (Å²) in [7, 11) is 1.15. The maximum absolute atomic E-state index is 11.7. The third-order valence-electron chi connectivity index (χ3n) is 3.32. The molecular weight excluding hydrogens is 296 g/mol. The number of rotatable bonds is 7. The fraction of sp³-hybridized carbons (Fsp3) is 0.750. The summed E-state index contributed by atoms with van der Waals surface area (Å²) in [5, 5.41) is 4.48. The maximum Gasteiger partial charge on any atom is 0.279 e. The van der Waals surface area contributed by atoms with Crippen molar-refractivity contribution in [3.8, 4) is 0 Å². The Labute approximate surface area is 125 Å². The maximum atomic E-state index is 11.7. The molecule has 0 aliphatic carbocycles. The van der Waals surface area contributed by atoms with E-state index in [4.69, 9.17) is 9.47 Å². The normalized spacial score (nSPS) is 19.0. The molecule has 9 heteroatoms. The van der Waals surface area contributed by atoms with Crippen molar-refractivity contribution in [2.24, 2.45) is 0 Å². The highest BCUT2D eigenvalue weighted by Gasteiger charge is 2.26. The van der Waals surface area contributed by atoms with Gasteiger partial charge in [0.25, 0.3) is 10.2 Å². The van der Waals surface area contributed by atoms with E-state index in [1.807, 2.05) is 10.9 Å². The first-order chi connectivity index (χ1) is 9.94. The van der Waals surface area contributed by atoms with Gasteiger partial charge in [0.05, 0.1) is 25.5 Å². The zero-order valence-corrected chi connectivity index (χ0v) is 13.4. The standard InChI is InChI=1S/C12H22N4O4S/c1-15(2)21(17,18)13-8-11-12-10(4-6-20-11)9-16(14-12)5-7-19-3/h9,11,13H,4-8H2,1-3H3/t11-/m1/s1. The van der Waals surface area contributed by atoms with Crippen LogP contribution in [0, 0.1) is 0 Å². The summed E-state index contributed by atoms with van der Waals surface area (Å²) < 4.78 is 39.6. The molecule has 120 valence electrons. The number of hydrogen-bond acceptors (Lipinski definition) is 5. The van der Waals surface area contributed by atoms with Crippen molar-refractivity contribution in [1.29, 1.82) is 0 Å². The summed E-state index contributed by atoms with van der Waals surface area (Å²) in [5.41, 5.74) is 1.91. The van der Waals surface area contributed by atoms with Gasteiger partial charge in [-0.25, -0.2) is 0 Å². The van der Waals surface area contributed by atoms with Crippen molar-refractivity contribution in [3.05, 3.63) is 17.5 Å². The van der Waals surface area contributed by atoms with Crippen LogP contribution in [0.4, 0.5) is 0 Å². The van der Waals surface area contributed by atoms with E-state index in [2.05, 4.69) is 9.82 Å². The van der Waals surface area contributed by atoms with E-state index in [-0.39, 0.29) is 12.6 Å². The van der Waals surface area contributed by atoms with E-state index < -0.39 is 10.2 Å². The van der Waals surface area contributed by atoms with Crippen molar-refractivity contribution in [3.63, 3.8) is 0 Å². The molecule has 0 radical (unpaired) electrons. The summed E-state index contributed by atoms with van der Waals surface area (Å²) in [6.07, 6.45) is 2.41. The van der Waals surface area contributed by atoms with E-state index in [1.54, 1.807) is 7.11 Å². The second kappa shape index (κ2) is 6.84. The largest absolute Gasteiger partial charge is 0.383 e. The predicted molar refractivity (Wildman–Crippen MR) is 77.1 cm³/mol. The molecule has 0 amide bonds. The summed E-state index contributed by atoms with van der Waals surface area (Å²) in [6.45, 7) is 1.99. The number of methoxy groups -OCH3 is 1. The number of nitrogens with one attached hydrogen (secondary N) is 1. The third kappa shape index (κ3) is 4.01. The van der Waals surface area contributed by atoms with Gasteiger partial charge in [0.15, 0.2) is 0 Å². The molecule has 0 fully saturated rings. The first kappa shape index (κ1) is 16.4. The molecule has 0 saturated heterocycles. The molecule has 2 heterocycles. The summed E-state index contributed by atoms with van der Waals surface area (Å²) in [4.78, 5) is 0. The van der Waals surface area contributed by atoms with E-state index in [0.717, 1.165) is 22.0 Å². The van der Waals surface area contributed by atoms with Gasteiger partial charge in [0.2, 0.25) is 0 Å². The fourth-order valence-corrected chi connectivity index (χ4v) is 2.72. The second-order valence-corrected chi connectivity index (χ2v) is 7.01. The Kier molecular flexibility index (Phi) is 5.33. The van der Waals surface area contributed by atoms with Gasteiger partial charge < -0.3 is 9.47 Å². The lowest BCUT2D eigenvalue weighted by Crippen LogP contribution is -2.39. The molecule has 0 spiro atoms. The van der Waals surface area contributed by atoms with Crippen LogP contribution < -0.4 is 4.72 Å². The summed E-state index contributed by atoms with van der Waals surface area (Å²) >= 11 is 0. The molecule has 0 saturated carbocycles. The van der Waals surface area contributed by atoms with Gasteiger partial charge in [0.1, 0.15) is 6.10 Å². The van der Waals surface area contributed by atoms with Gasteiger partial charge >= 0.3 is 0 Å². The van der Waals surface area contributed by atoms with E-state index >= 15 is 0 Å². The van der Waals surface area contributed by atoms with Gasteiger partial charge in [0, 0.05) is 33.9 Å². The van der Waals surface area contributed by atoms with Crippen LogP contribution in [0.25, 0.3) is 0 Å². The van der Waals surface area contributed by atoms with Gasteiger partial charge in [-0.2, -0.15) is 22.5 Å². The molecule has 1 aliphatic rings. The van der Waals surface area contributed by atoms with Gasteiger partial charge in [-0.05, 0) is 12.0 Å². The Morgan fingerprint density at radius 3 is 3.00 bits per heavy atom. The lowest BCUT2D eigenvalue weighted by Gasteiger charge is -2.23. The van der Waals surface area contributed by atoms with Crippen molar-refractivity contribution in [2.45, 2.75) is 19.1 Å². The first-order valence-corrected chi connectivity index (χ1v) is 8.22. The Morgan fingerprint density at radius 2 is 2.33 bits per heavy atom. The highest BCUT2D eigenvalue weighted by molar-refractivity contribution is 7.87. The molecule has 21 heavy (non-hydrogen) atoms. The van der Waals surface area contributed by atoms with Crippen molar-refractivity contribution < 1.29 is 17.9 Å². The zero-order chi connectivity index (χ0) is 15.5. The van der Waals surface area contributed by atoms with Crippen LogP contribution in [0.5, 0.6) is 0 Å². The average Bonchev–Trinajstić information content (AvgIpc) is 2.86. The van der Waals surface area contributed by atoms with Crippen LogP contribution >= 0.6 is 0 Å². The van der Waals surface area contributed by atoms with Crippen LogP contribution in [-0.4, -0.2) is 63.5 Å². The summed E-state index contributed by atoms with van der Waals surface area (Å²) in [6, 6.07) is 0. The Morgan fingerprint density at radius 1 is 1.57 bits per heavy atom. The van der Waals surface area contributed by atoms with E-state index in [0.29, 0.717) is 19.8 Å². The quantitative estimate of drug-likeness (QED) is 0.735. The molecule has 0 aromatic carbocycles. The Hall–Kier alpha value is -1.00. The van der Waals surface area contributed by atoms with Crippen molar-refractivity contribution in [1.82, 2.24) is 18.8 Å². The minimum Gasteiger partial charge on any atom is -0.383 e. The molecule has 0 unspecified atom stereocenters. The number of ether oxygens (including phenoxy) is 2. The number of hydrogen-bond donors (Lipinski definition) is 1. The topological polar surface area (TPSA) is 85.7 Å². The Balaban J connectivity index is 2.06. The Bertz CT molecular complexity index is 570. The minimum absolute atomic E-state index is 0.175. The second-order valence-electron chi connectivity index (χ2n) is 5.04.